The number of carbonyl (C=O) groups is 3. The van der Waals surface area contributed by atoms with E-state index in [1.54, 1.807) is 36.3 Å². The van der Waals surface area contributed by atoms with Gasteiger partial charge in [-0.3, -0.25) is 14.4 Å². The average molecular weight is 333 g/mol. The summed E-state index contributed by atoms with van der Waals surface area (Å²) >= 11 is 0. The molecule has 0 aromatic heterocycles. The maximum Gasteiger partial charge on any atom is 0.310 e. The fourth-order valence-electron chi connectivity index (χ4n) is 2.86. The predicted octanol–water partition coefficient (Wildman–Crippen LogP) is 2.07. The molecule has 6 heteroatoms. The number of nitrogens with zero attached hydrogens (tertiary/aromatic N) is 1. The number of hydrogen-bond acceptors (Lipinski definition) is 5. The first kappa shape index (κ1) is 18.0. The number of ether oxygens (including phenoxy) is 2. The molecule has 1 atom stereocenters. The van der Waals surface area contributed by atoms with E-state index in [9.17, 15) is 14.4 Å². The van der Waals surface area contributed by atoms with Crippen molar-refractivity contribution in [3.8, 4) is 5.75 Å². The summed E-state index contributed by atoms with van der Waals surface area (Å²) in [6, 6.07) is 6.83. The summed E-state index contributed by atoms with van der Waals surface area (Å²) in [5, 5.41) is 0. The SMILES string of the molecule is COC(=O)C1CCCN(C(=O)CCC(=O)c2ccc(OC)cc2)C1. The quantitative estimate of drug-likeness (QED) is 0.588. The maximum absolute atomic E-state index is 12.3. The summed E-state index contributed by atoms with van der Waals surface area (Å²) in [6.45, 7) is 1.01. The van der Waals surface area contributed by atoms with Crippen molar-refractivity contribution in [3.63, 3.8) is 0 Å². The average Bonchev–Trinajstić information content (AvgIpc) is 2.65. The van der Waals surface area contributed by atoms with E-state index in [1.165, 1.54) is 7.11 Å². The van der Waals surface area contributed by atoms with Crippen LogP contribution in [0.25, 0.3) is 0 Å². The Morgan fingerprint density at radius 1 is 1.12 bits per heavy atom. The lowest BCUT2D eigenvalue weighted by Gasteiger charge is -2.31. The molecule has 0 saturated carbocycles. The third-order valence-corrected chi connectivity index (χ3v) is 4.29. The van der Waals surface area contributed by atoms with E-state index < -0.39 is 0 Å². The summed E-state index contributed by atoms with van der Waals surface area (Å²) in [4.78, 5) is 37.7. The number of benzene rings is 1. The molecule has 1 fully saturated rings. The van der Waals surface area contributed by atoms with E-state index in [1.807, 2.05) is 0 Å². The van der Waals surface area contributed by atoms with Gasteiger partial charge in [0.05, 0.1) is 20.1 Å². The van der Waals surface area contributed by atoms with Gasteiger partial charge in [0.25, 0.3) is 0 Å². The Labute approximate surface area is 141 Å². The van der Waals surface area contributed by atoms with Gasteiger partial charge in [-0.15, -0.1) is 0 Å². The van der Waals surface area contributed by atoms with Gasteiger partial charge in [0, 0.05) is 31.5 Å². The van der Waals surface area contributed by atoms with Crippen LogP contribution in [0.15, 0.2) is 24.3 Å². The maximum atomic E-state index is 12.3. The van der Waals surface area contributed by atoms with Gasteiger partial charge < -0.3 is 14.4 Å². The molecule has 1 saturated heterocycles. The Kier molecular flexibility index (Phi) is 6.35. The van der Waals surface area contributed by atoms with Gasteiger partial charge in [-0.2, -0.15) is 0 Å². The molecule has 24 heavy (non-hydrogen) atoms. The molecule has 0 bridgehead atoms. The topological polar surface area (TPSA) is 72.9 Å². The molecule has 0 spiro atoms. The molecule has 0 radical (unpaired) electrons. The Morgan fingerprint density at radius 3 is 2.46 bits per heavy atom. The zero-order valence-corrected chi connectivity index (χ0v) is 14.1. The Bertz CT molecular complexity index is 596. The first-order valence-electron chi connectivity index (χ1n) is 8.08. The van der Waals surface area contributed by atoms with Crippen molar-refractivity contribution >= 4 is 17.7 Å². The van der Waals surface area contributed by atoms with Crippen LogP contribution in [0.2, 0.25) is 0 Å². The monoisotopic (exact) mass is 333 g/mol. The number of carbonyl (C=O) groups excluding carboxylic acids is 3. The summed E-state index contributed by atoms with van der Waals surface area (Å²) in [5.74, 6) is -0.0189. The van der Waals surface area contributed by atoms with Gasteiger partial charge in [-0.05, 0) is 37.1 Å². The highest BCUT2D eigenvalue weighted by Gasteiger charge is 2.29. The normalized spacial score (nSPS) is 17.2. The van der Waals surface area contributed by atoms with Gasteiger partial charge in [0.2, 0.25) is 5.91 Å². The van der Waals surface area contributed by atoms with Gasteiger partial charge in [0.1, 0.15) is 5.75 Å². The van der Waals surface area contributed by atoms with Crippen molar-refractivity contribution in [2.24, 2.45) is 5.92 Å². The number of esters is 1. The van der Waals surface area contributed by atoms with Crippen molar-refractivity contribution in [1.29, 1.82) is 0 Å². The van der Waals surface area contributed by atoms with Crippen LogP contribution in [0.3, 0.4) is 0 Å². The number of piperidine rings is 1. The second-order valence-corrected chi connectivity index (χ2v) is 5.85. The van der Waals surface area contributed by atoms with Crippen LogP contribution in [0, 0.1) is 5.92 Å². The lowest BCUT2D eigenvalue weighted by Crippen LogP contribution is -2.42. The van der Waals surface area contributed by atoms with Crippen LogP contribution in [-0.4, -0.2) is 49.9 Å². The summed E-state index contributed by atoms with van der Waals surface area (Å²) in [5.41, 5.74) is 0.565. The predicted molar refractivity (Wildman–Crippen MR) is 87.9 cm³/mol. The number of likely N-dealkylation sites (tertiary alicyclic amines) is 1. The van der Waals surface area contributed by atoms with Gasteiger partial charge in [-0.1, -0.05) is 0 Å². The smallest absolute Gasteiger partial charge is 0.310 e. The van der Waals surface area contributed by atoms with Crippen LogP contribution >= 0.6 is 0 Å². The molecule has 1 unspecified atom stereocenters. The molecule has 1 aromatic rings. The summed E-state index contributed by atoms with van der Waals surface area (Å²) < 4.78 is 9.81. The Balaban J connectivity index is 1.85. The third-order valence-electron chi connectivity index (χ3n) is 4.29. The lowest BCUT2D eigenvalue weighted by atomic mass is 9.97. The molecule has 0 N–H and O–H groups in total. The summed E-state index contributed by atoms with van der Waals surface area (Å²) in [6.07, 6.45) is 1.82. The molecular formula is C18H23NO5. The molecule has 1 aromatic carbocycles. The minimum Gasteiger partial charge on any atom is -0.497 e. The van der Waals surface area contributed by atoms with Crippen LogP contribution in [-0.2, 0) is 14.3 Å². The fourth-order valence-corrected chi connectivity index (χ4v) is 2.86. The number of Topliss-reactive ketones (excluding diaryl/α,β-unsaturated/α-hetero) is 1. The highest BCUT2D eigenvalue weighted by molar-refractivity contribution is 5.98. The molecule has 2 rings (SSSR count). The van der Waals surface area contributed by atoms with Crippen molar-refractivity contribution in [2.75, 3.05) is 27.3 Å². The Hall–Kier alpha value is -2.37. The van der Waals surface area contributed by atoms with Crippen LogP contribution in [0.5, 0.6) is 5.75 Å². The highest BCUT2D eigenvalue weighted by atomic mass is 16.5. The second kappa shape index (κ2) is 8.47. The third kappa shape index (κ3) is 4.57. The largest absolute Gasteiger partial charge is 0.497 e. The standard InChI is InChI=1S/C18H23NO5/c1-23-15-7-5-13(6-8-15)16(20)9-10-17(21)19-11-3-4-14(12-19)18(22)24-2/h5-8,14H,3-4,9-12H2,1-2H3. The minimum atomic E-state index is -0.276. The van der Waals surface area contributed by atoms with Crippen LogP contribution < -0.4 is 4.74 Å². The molecule has 1 aliphatic rings. The van der Waals surface area contributed by atoms with Gasteiger partial charge >= 0.3 is 5.97 Å². The minimum absolute atomic E-state index is 0.0764. The Morgan fingerprint density at radius 2 is 1.83 bits per heavy atom. The van der Waals surface area contributed by atoms with Crippen LogP contribution in [0.1, 0.15) is 36.0 Å². The molecule has 1 heterocycles. The van der Waals surface area contributed by atoms with E-state index >= 15 is 0 Å². The molecular weight excluding hydrogens is 310 g/mol. The van der Waals surface area contributed by atoms with Crippen molar-refractivity contribution in [1.82, 2.24) is 4.90 Å². The van der Waals surface area contributed by atoms with Crippen molar-refractivity contribution in [3.05, 3.63) is 29.8 Å². The first-order chi connectivity index (χ1) is 11.5. The molecule has 130 valence electrons. The number of rotatable bonds is 6. The molecule has 1 amide bonds. The zero-order valence-electron chi connectivity index (χ0n) is 14.1. The summed E-state index contributed by atoms with van der Waals surface area (Å²) in [7, 11) is 2.92. The van der Waals surface area contributed by atoms with E-state index in [0.717, 1.165) is 12.8 Å². The second-order valence-electron chi connectivity index (χ2n) is 5.85. The van der Waals surface area contributed by atoms with E-state index in [2.05, 4.69) is 0 Å². The first-order valence-corrected chi connectivity index (χ1v) is 8.08. The number of ketones is 1. The lowest BCUT2D eigenvalue weighted by molar-refractivity contribution is -0.149. The number of amides is 1. The van der Waals surface area contributed by atoms with Crippen molar-refractivity contribution < 1.29 is 23.9 Å². The molecule has 1 aliphatic heterocycles. The fraction of sp³-hybridized carbons (Fsp3) is 0.500. The highest BCUT2D eigenvalue weighted by Crippen LogP contribution is 2.19. The molecule has 6 nitrogen and oxygen atoms in total. The van der Waals surface area contributed by atoms with E-state index in [-0.39, 0.29) is 36.4 Å². The number of hydrogen-bond donors (Lipinski definition) is 0. The number of methoxy groups -OCH3 is 2. The van der Waals surface area contributed by atoms with E-state index in [0.29, 0.717) is 24.4 Å². The van der Waals surface area contributed by atoms with E-state index in [4.69, 9.17) is 9.47 Å². The van der Waals surface area contributed by atoms with Crippen LogP contribution in [0.4, 0.5) is 0 Å². The molecule has 0 aliphatic carbocycles. The van der Waals surface area contributed by atoms with Crippen molar-refractivity contribution in [2.45, 2.75) is 25.7 Å². The van der Waals surface area contributed by atoms with Gasteiger partial charge in [0.15, 0.2) is 5.78 Å². The zero-order chi connectivity index (χ0) is 17.5. The van der Waals surface area contributed by atoms with Gasteiger partial charge in [-0.25, -0.2) is 0 Å².